The highest BCUT2D eigenvalue weighted by atomic mass is 19.1. The summed E-state index contributed by atoms with van der Waals surface area (Å²) in [5.41, 5.74) is 1.18. The smallest absolute Gasteiger partial charge is 0.276 e. The Bertz CT molecular complexity index is 668. The van der Waals surface area contributed by atoms with Crippen LogP contribution in [0.4, 0.5) is 4.39 Å². The van der Waals surface area contributed by atoms with E-state index in [1.807, 2.05) is 13.0 Å². The van der Waals surface area contributed by atoms with Gasteiger partial charge < -0.3 is 9.42 Å². The number of hydrogen-bond donors (Lipinski definition) is 0. The Labute approximate surface area is 128 Å². The van der Waals surface area contributed by atoms with E-state index in [0.717, 1.165) is 37.0 Å². The van der Waals surface area contributed by atoms with Crippen LogP contribution in [0.1, 0.15) is 54.0 Å². The molecule has 4 nitrogen and oxygen atoms in total. The maximum atomic E-state index is 13.4. The molecule has 0 unspecified atom stereocenters. The zero-order chi connectivity index (χ0) is 15.5. The summed E-state index contributed by atoms with van der Waals surface area (Å²) in [5, 5.41) is 3.88. The summed E-state index contributed by atoms with van der Waals surface area (Å²) in [6.07, 6.45) is 3.47. The van der Waals surface area contributed by atoms with Crippen LogP contribution >= 0.6 is 0 Å². The number of benzene rings is 1. The van der Waals surface area contributed by atoms with Crippen molar-refractivity contribution in [3.05, 3.63) is 53.2 Å². The van der Waals surface area contributed by atoms with Gasteiger partial charge in [-0.25, -0.2) is 4.39 Å². The molecule has 3 rings (SSSR count). The van der Waals surface area contributed by atoms with Crippen LogP contribution in [0.2, 0.25) is 0 Å². The lowest BCUT2D eigenvalue weighted by Crippen LogP contribution is -2.30. The van der Waals surface area contributed by atoms with Crippen molar-refractivity contribution >= 4 is 5.91 Å². The predicted molar refractivity (Wildman–Crippen MR) is 79.9 cm³/mol. The molecule has 116 valence electrons. The third-order valence-corrected chi connectivity index (χ3v) is 4.02. The zero-order valence-electron chi connectivity index (χ0n) is 12.6. The van der Waals surface area contributed by atoms with Crippen LogP contribution in [0.15, 0.2) is 34.9 Å². The van der Waals surface area contributed by atoms with Gasteiger partial charge >= 0.3 is 0 Å². The first-order valence-electron chi connectivity index (χ1n) is 7.71. The number of likely N-dealkylation sites (tertiary alicyclic amines) is 1. The van der Waals surface area contributed by atoms with Gasteiger partial charge in [-0.3, -0.25) is 4.79 Å². The van der Waals surface area contributed by atoms with Gasteiger partial charge in [0.2, 0.25) is 0 Å². The second-order valence-electron chi connectivity index (χ2n) is 5.64. The molecule has 1 aliphatic rings. The fraction of sp³-hybridized carbons (Fsp3) is 0.412. The largest absolute Gasteiger partial charge is 0.361 e. The van der Waals surface area contributed by atoms with Crippen LogP contribution in [-0.4, -0.2) is 22.5 Å². The molecule has 5 heteroatoms. The van der Waals surface area contributed by atoms with E-state index in [2.05, 4.69) is 5.16 Å². The van der Waals surface area contributed by atoms with Crippen molar-refractivity contribution in [3.63, 3.8) is 0 Å². The maximum Gasteiger partial charge on any atom is 0.276 e. The van der Waals surface area contributed by atoms with Crippen molar-refractivity contribution in [1.82, 2.24) is 10.1 Å². The molecule has 22 heavy (non-hydrogen) atoms. The highest BCUT2D eigenvalue weighted by molar-refractivity contribution is 5.92. The van der Waals surface area contributed by atoms with Crippen molar-refractivity contribution < 1.29 is 13.7 Å². The lowest BCUT2D eigenvalue weighted by Gasteiger charge is -2.24. The van der Waals surface area contributed by atoms with Gasteiger partial charge in [0, 0.05) is 19.0 Å². The van der Waals surface area contributed by atoms with Gasteiger partial charge in [0.15, 0.2) is 5.69 Å². The van der Waals surface area contributed by atoms with E-state index >= 15 is 0 Å². The Morgan fingerprint density at radius 2 is 2.32 bits per heavy atom. The van der Waals surface area contributed by atoms with Crippen molar-refractivity contribution in [3.8, 4) is 0 Å². The molecule has 0 saturated carbocycles. The van der Waals surface area contributed by atoms with E-state index in [4.69, 9.17) is 4.52 Å². The lowest BCUT2D eigenvalue weighted by atomic mass is 10.0. The minimum atomic E-state index is -0.275. The topological polar surface area (TPSA) is 46.3 Å². The van der Waals surface area contributed by atoms with E-state index in [9.17, 15) is 9.18 Å². The summed E-state index contributed by atoms with van der Waals surface area (Å²) in [5.74, 6) is 0.314. The summed E-state index contributed by atoms with van der Waals surface area (Å²) in [4.78, 5) is 14.4. The molecule has 1 fully saturated rings. The highest BCUT2D eigenvalue weighted by Crippen LogP contribution is 2.33. The number of amides is 1. The van der Waals surface area contributed by atoms with Crippen molar-refractivity contribution in [2.24, 2.45) is 0 Å². The first-order valence-corrected chi connectivity index (χ1v) is 7.71. The van der Waals surface area contributed by atoms with E-state index < -0.39 is 0 Å². The summed E-state index contributed by atoms with van der Waals surface area (Å²) >= 11 is 0. The highest BCUT2D eigenvalue weighted by Gasteiger charge is 2.32. The van der Waals surface area contributed by atoms with Gasteiger partial charge in [0.1, 0.15) is 11.6 Å². The molecule has 0 aliphatic carbocycles. The van der Waals surface area contributed by atoms with Crippen LogP contribution in [0.25, 0.3) is 0 Å². The molecule has 1 saturated heterocycles. The molecule has 1 amide bonds. The third-order valence-electron chi connectivity index (χ3n) is 4.02. The standard InChI is InChI=1S/C17H19FN2O2/c1-2-5-14-11-15(19-22-14)17(21)20-9-4-8-16(20)12-6-3-7-13(18)10-12/h3,6-7,10-11,16H,2,4-5,8-9H2,1H3/t16-/m0/s1. The molecule has 0 bridgehead atoms. The summed E-state index contributed by atoms with van der Waals surface area (Å²) in [6.45, 7) is 2.71. The molecule has 1 aromatic carbocycles. The molecule has 0 N–H and O–H groups in total. The van der Waals surface area contributed by atoms with Gasteiger partial charge in [-0.05, 0) is 37.0 Å². The molecule has 0 radical (unpaired) electrons. The number of hydrogen-bond acceptors (Lipinski definition) is 3. The lowest BCUT2D eigenvalue weighted by molar-refractivity contribution is 0.0725. The number of aryl methyl sites for hydroxylation is 1. The Hall–Kier alpha value is -2.17. The minimum absolute atomic E-state index is 0.0884. The number of aromatic nitrogens is 1. The normalized spacial score (nSPS) is 17.9. The molecule has 0 spiro atoms. The summed E-state index contributed by atoms with van der Waals surface area (Å²) in [7, 11) is 0. The van der Waals surface area contributed by atoms with Crippen LogP contribution in [-0.2, 0) is 6.42 Å². The Kier molecular flexibility index (Phi) is 4.22. The average molecular weight is 302 g/mol. The minimum Gasteiger partial charge on any atom is -0.361 e. The summed E-state index contributed by atoms with van der Waals surface area (Å²) < 4.78 is 18.6. The average Bonchev–Trinajstić information content (AvgIpc) is 3.16. The number of carbonyl (C=O) groups is 1. The second-order valence-corrected chi connectivity index (χ2v) is 5.64. The number of carbonyl (C=O) groups excluding carboxylic acids is 1. The fourth-order valence-electron chi connectivity index (χ4n) is 3.00. The molecular formula is C17H19FN2O2. The van der Waals surface area contributed by atoms with Crippen molar-refractivity contribution in [2.45, 2.75) is 38.6 Å². The van der Waals surface area contributed by atoms with Crippen LogP contribution < -0.4 is 0 Å². The number of halogens is 1. The summed E-state index contributed by atoms with van der Waals surface area (Å²) in [6, 6.07) is 8.09. The maximum absolute atomic E-state index is 13.4. The fourth-order valence-corrected chi connectivity index (χ4v) is 3.00. The van der Waals surface area contributed by atoms with Gasteiger partial charge in [0.25, 0.3) is 5.91 Å². The molecular weight excluding hydrogens is 283 g/mol. The quantitative estimate of drug-likeness (QED) is 0.864. The third kappa shape index (κ3) is 2.89. The predicted octanol–water partition coefficient (Wildman–Crippen LogP) is 3.74. The SMILES string of the molecule is CCCc1cc(C(=O)N2CCC[C@H]2c2cccc(F)c2)no1. The first kappa shape index (κ1) is 14.8. The van der Waals surface area contributed by atoms with Gasteiger partial charge in [-0.2, -0.15) is 0 Å². The van der Waals surface area contributed by atoms with Crippen LogP contribution in [0.5, 0.6) is 0 Å². The Balaban J connectivity index is 1.81. The van der Waals surface area contributed by atoms with E-state index in [-0.39, 0.29) is 17.8 Å². The molecule has 2 aromatic rings. The van der Waals surface area contributed by atoms with Gasteiger partial charge in [-0.1, -0.05) is 24.2 Å². The Morgan fingerprint density at radius 1 is 1.45 bits per heavy atom. The van der Waals surface area contributed by atoms with E-state index in [1.165, 1.54) is 12.1 Å². The Morgan fingerprint density at radius 3 is 3.09 bits per heavy atom. The van der Waals surface area contributed by atoms with Crippen LogP contribution in [0.3, 0.4) is 0 Å². The zero-order valence-corrected chi connectivity index (χ0v) is 12.6. The second kappa shape index (κ2) is 6.30. The van der Waals surface area contributed by atoms with Gasteiger partial charge in [-0.15, -0.1) is 0 Å². The van der Waals surface area contributed by atoms with E-state index in [0.29, 0.717) is 12.2 Å². The molecule has 1 aliphatic heterocycles. The van der Waals surface area contributed by atoms with Crippen molar-refractivity contribution in [2.75, 3.05) is 6.54 Å². The molecule has 1 aromatic heterocycles. The van der Waals surface area contributed by atoms with Crippen LogP contribution in [0, 0.1) is 5.82 Å². The number of rotatable bonds is 4. The molecule has 2 heterocycles. The first-order chi connectivity index (χ1) is 10.7. The number of nitrogens with zero attached hydrogens (tertiary/aromatic N) is 2. The molecule has 1 atom stereocenters. The van der Waals surface area contributed by atoms with Gasteiger partial charge in [0.05, 0.1) is 6.04 Å². The van der Waals surface area contributed by atoms with Crippen molar-refractivity contribution in [1.29, 1.82) is 0 Å². The van der Waals surface area contributed by atoms with E-state index in [1.54, 1.807) is 17.0 Å². The monoisotopic (exact) mass is 302 g/mol.